The first kappa shape index (κ1) is 11.4. The van der Waals surface area contributed by atoms with Crippen molar-refractivity contribution in [1.29, 1.82) is 0 Å². The summed E-state index contributed by atoms with van der Waals surface area (Å²) in [6.45, 7) is 5.23. The normalized spacial score (nSPS) is 9.57. The van der Waals surface area contributed by atoms with E-state index in [0.29, 0.717) is 0 Å². The van der Waals surface area contributed by atoms with Crippen LogP contribution in [0, 0.1) is 0 Å². The average Bonchev–Trinajstić information content (AvgIpc) is 1.36. The van der Waals surface area contributed by atoms with Crippen molar-refractivity contribution in [3.05, 3.63) is 0 Å². The average molecular weight is 128 g/mol. The van der Waals surface area contributed by atoms with Crippen LogP contribution in [0.3, 0.4) is 0 Å². The Balaban J connectivity index is 0. The van der Waals surface area contributed by atoms with E-state index >= 15 is 0 Å². The third-order valence-corrected chi connectivity index (χ3v) is 0. The van der Waals surface area contributed by atoms with E-state index in [9.17, 15) is 0 Å². The molecule has 0 aliphatic heterocycles. The maximum atomic E-state index is 8.52. The molecule has 1 nitrogen and oxygen atoms in total. The summed E-state index contributed by atoms with van der Waals surface area (Å²) >= 11 is 1.06. The first-order chi connectivity index (χ1) is 3.00. The zero-order chi connectivity index (χ0) is 6.50. The van der Waals surface area contributed by atoms with Crippen LogP contribution in [0.1, 0.15) is 20.8 Å². The van der Waals surface area contributed by atoms with Crippen LogP contribution in [0.15, 0.2) is 0 Å². The second-order valence-corrected chi connectivity index (χ2v) is 2.17. The minimum atomic E-state index is -0.500. The molecule has 2 heteroatoms. The molecule has 0 atom stereocenters. The van der Waals surface area contributed by atoms with Crippen LogP contribution in [-0.4, -0.2) is 59.7 Å². The zero-order valence-electron chi connectivity index (χ0n) is 5.95. The fraction of sp³-hybridized carbons (Fsp3) is 1.00. The zero-order valence-corrected chi connectivity index (χ0v) is 9.07. The van der Waals surface area contributed by atoms with Gasteiger partial charge in [-0.2, -0.15) is 0 Å². The Kier molecular flexibility index (Phi) is 9.33. The van der Waals surface area contributed by atoms with Gasteiger partial charge in [-0.25, -0.2) is 0 Å². The van der Waals surface area contributed by atoms with Gasteiger partial charge in [0, 0.05) is 0 Å². The summed E-state index contributed by atoms with van der Waals surface area (Å²) in [6, 6.07) is 0. The fourth-order valence-electron chi connectivity index (χ4n) is 0. The standard InChI is InChI=1S/C4H10O.CH3.K/c1-4(2,3)5;;/h5H,1-3H3;1H3;. The van der Waals surface area contributed by atoms with E-state index in [1.807, 2.05) is 0 Å². The van der Waals surface area contributed by atoms with Gasteiger partial charge in [-0.15, -0.1) is 0 Å². The molecular weight excluding hydrogens is 115 g/mol. The van der Waals surface area contributed by atoms with E-state index in [0.717, 1.165) is 49.0 Å². The first-order valence-electron chi connectivity index (χ1n) is 2.72. The summed E-state index contributed by atoms with van der Waals surface area (Å²) in [4.78, 5) is 0. The topological polar surface area (TPSA) is 20.2 Å². The molecule has 0 radical (unpaired) electrons. The van der Waals surface area contributed by atoms with Gasteiger partial charge < -0.3 is 5.11 Å². The van der Waals surface area contributed by atoms with Crippen molar-refractivity contribution in [2.24, 2.45) is 0 Å². The number of rotatable bonds is 0. The number of hydrogen-bond donors (Lipinski definition) is 1. The van der Waals surface area contributed by atoms with E-state index < -0.39 is 5.60 Å². The SMILES string of the molecule is CC(C)(C)O.[CH3][K]. The van der Waals surface area contributed by atoms with Gasteiger partial charge in [-0.05, 0) is 20.8 Å². The monoisotopic (exact) mass is 128 g/mol. The molecule has 0 aromatic carbocycles. The predicted molar refractivity (Wildman–Crippen MR) is 33.6 cm³/mol. The van der Waals surface area contributed by atoms with E-state index in [1.165, 1.54) is 0 Å². The molecule has 0 bridgehead atoms. The van der Waals surface area contributed by atoms with Gasteiger partial charge >= 0.3 is 50.0 Å². The summed E-state index contributed by atoms with van der Waals surface area (Å²) in [5.41, 5.74) is -0.500. The van der Waals surface area contributed by atoms with E-state index in [2.05, 4.69) is 1.02 Å². The molecule has 0 aromatic rings. The molecule has 0 fully saturated rings. The van der Waals surface area contributed by atoms with Crippen molar-refractivity contribution < 1.29 is 5.11 Å². The van der Waals surface area contributed by atoms with E-state index in [-0.39, 0.29) is 0 Å². The summed E-state index contributed by atoms with van der Waals surface area (Å²) in [5.74, 6) is 0. The number of aliphatic hydroxyl groups is 1. The molecule has 0 aromatic heterocycles. The van der Waals surface area contributed by atoms with Crippen molar-refractivity contribution in [2.75, 3.05) is 0 Å². The molecule has 0 aliphatic carbocycles. The molecule has 0 saturated heterocycles. The van der Waals surface area contributed by atoms with Crippen molar-refractivity contribution in [3.8, 4) is 0 Å². The fourth-order valence-corrected chi connectivity index (χ4v) is 0. The first-order valence-corrected chi connectivity index (χ1v) is 5.85. The van der Waals surface area contributed by atoms with Gasteiger partial charge in [-0.1, -0.05) is 0 Å². The summed E-state index contributed by atoms with van der Waals surface area (Å²) in [7, 11) is 0. The molecule has 0 rings (SSSR count). The predicted octanol–water partition coefficient (Wildman–Crippen LogP) is 0.980. The molecule has 7 heavy (non-hydrogen) atoms. The van der Waals surface area contributed by atoms with Crippen LogP contribution in [-0.2, 0) is 0 Å². The van der Waals surface area contributed by atoms with Crippen molar-refractivity contribution in [3.63, 3.8) is 0 Å². The van der Waals surface area contributed by atoms with Gasteiger partial charge in [0.25, 0.3) is 0 Å². The van der Waals surface area contributed by atoms with E-state index in [1.54, 1.807) is 20.8 Å². The van der Waals surface area contributed by atoms with Crippen LogP contribution in [0.2, 0.25) is 1.02 Å². The molecule has 0 aliphatic rings. The Hall–Kier alpha value is 1.60. The third kappa shape index (κ3) is 93.4. The van der Waals surface area contributed by atoms with Gasteiger partial charge in [0.15, 0.2) is 0 Å². The molecule has 0 saturated carbocycles. The summed E-state index contributed by atoms with van der Waals surface area (Å²) < 4.78 is 2.19. The van der Waals surface area contributed by atoms with Gasteiger partial charge in [0.05, 0.1) is 5.60 Å². The van der Waals surface area contributed by atoms with Gasteiger partial charge in [0.1, 0.15) is 0 Å². The van der Waals surface area contributed by atoms with Crippen molar-refractivity contribution in [2.45, 2.75) is 27.4 Å². The second-order valence-electron chi connectivity index (χ2n) is 2.17. The van der Waals surface area contributed by atoms with Crippen LogP contribution in [0.4, 0.5) is 0 Å². The van der Waals surface area contributed by atoms with Gasteiger partial charge in [-0.3, -0.25) is 0 Å². The van der Waals surface area contributed by atoms with E-state index in [4.69, 9.17) is 5.11 Å². The van der Waals surface area contributed by atoms with Crippen LogP contribution < -0.4 is 0 Å². The minimum absolute atomic E-state index is 0.500. The molecule has 0 spiro atoms. The molecule has 40 valence electrons. The van der Waals surface area contributed by atoms with Crippen molar-refractivity contribution >= 4 is 49.0 Å². The number of hydrogen-bond acceptors (Lipinski definition) is 1. The Labute approximate surface area is 80.1 Å². The molecule has 0 heterocycles. The summed E-state index contributed by atoms with van der Waals surface area (Å²) in [5, 5.41) is 8.52. The third-order valence-electron chi connectivity index (χ3n) is 0. The Morgan fingerprint density at radius 2 is 1.14 bits per heavy atom. The summed E-state index contributed by atoms with van der Waals surface area (Å²) in [6.07, 6.45) is 0. The maximum absolute atomic E-state index is 8.52. The van der Waals surface area contributed by atoms with Gasteiger partial charge in [0.2, 0.25) is 0 Å². The quantitative estimate of drug-likeness (QED) is 0.482. The van der Waals surface area contributed by atoms with Crippen LogP contribution in [0.25, 0.3) is 0 Å². The molecular formula is C5H13KO. The van der Waals surface area contributed by atoms with Crippen LogP contribution >= 0.6 is 0 Å². The Morgan fingerprint density at radius 3 is 1.14 bits per heavy atom. The Bertz CT molecular complexity index is 23.6. The van der Waals surface area contributed by atoms with Crippen LogP contribution in [0.5, 0.6) is 0 Å². The molecule has 1 N–H and O–H groups in total. The second kappa shape index (κ2) is 5.73. The Morgan fingerprint density at radius 1 is 1.14 bits per heavy atom. The molecule has 0 amide bonds. The van der Waals surface area contributed by atoms with Crippen molar-refractivity contribution in [1.82, 2.24) is 0 Å². The molecule has 0 unspecified atom stereocenters.